The molecule has 1 aromatic rings. The number of nitrogens with one attached hydrogen (secondary N) is 1. The van der Waals surface area contributed by atoms with E-state index in [0.717, 1.165) is 26.2 Å². The third-order valence-corrected chi connectivity index (χ3v) is 3.90. The molecule has 3 heteroatoms. The maximum Gasteiger partial charge on any atom is 0.223 e. The van der Waals surface area contributed by atoms with E-state index in [4.69, 9.17) is 0 Å². The predicted octanol–water partition coefficient (Wildman–Crippen LogP) is 2.25. The molecule has 1 aliphatic heterocycles. The molecule has 104 valence electrons. The Morgan fingerprint density at radius 1 is 1.21 bits per heavy atom. The molecule has 0 saturated carbocycles. The summed E-state index contributed by atoms with van der Waals surface area (Å²) in [6.45, 7) is 7.93. The molecule has 0 aliphatic carbocycles. The minimum atomic E-state index is 0.295. The van der Waals surface area contributed by atoms with Crippen molar-refractivity contribution in [1.29, 1.82) is 0 Å². The first kappa shape index (κ1) is 14.1. The standard InChI is InChI=1S/C16H24N2O/c1-13(2)15(14-6-4-3-5-7-14)12-16(19)18-10-8-17-9-11-18/h3-7,13,15,17H,8-12H2,1-2H3. The average Bonchev–Trinajstić information content (AvgIpc) is 2.46. The molecule has 0 radical (unpaired) electrons. The quantitative estimate of drug-likeness (QED) is 0.900. The number of hydrogen-bond acceptors (Lipinski definition) is 2. The van der Waals surface area contributed by atoms with Gasteiger partial charge >= 0.3 is 0 Å². The second-order valence-corrected chi connectivity index (χ2v) is 5.60. The molecule has 0 aromatic heterocycles. The van der Waals surface area contributed by atoms with Gasteiger partial charge in [0.1, 0.15) is 0 Å². The van der Waals surface area contributed by atoms with E-state index < -0.39 is 0 Å². The fraction of sp³-hybridized carbons (Fsp3) is 0.562. The molecule has 3 nitrogen and oxygen atoms in total. The first-order valence-corrected chi connectivity index (χ1v) is 7.22. The number of piperazine rings is 1. The zero-order valence-corrected chi connectivity index (χ0v) is 11.9. The van der Waals surface area contributed by atoms with Crippen molar-refractivity contribution in [3.8, 4) is 0 Å². The summed E-state index contributed by atoms with van der Waals surface area (Å²) in [5.41, 5.74) is 1.28. The van der Waals surface area contributed by atoms with E-state index in [0.29, 0.717) is 24.2 Å². The first-order chi connectivity index (χ1) is 9.18. The monoisotopic (exact) mass is 260 g/mol. The van der Waals surface area contributed by atoms with Gasteiger partial charge in [-0.1, -0.05) is 44.2 Å². The van der Waals surface area contributed by atoms with Gasteiger partial charge in [-0.2, -0.15) is 0 Å². The Morgan fingerprint density at radius 2 is 1.84 bits per heavy atom. The lowest BCUT2D eigenvalue weighted by molar-refractivity contribution is -0.132. The summed E-state index contributed by atoms with van der Waals surface area (Å²) in [4.78, 5) is 14.4. The number of carbonyl (C=O) groups excluding carboxylic acids is 1. The van der Waals surface area contributed by atoms with Crippen molar-refractivity contribution in [3.05, 3.63) is 35.9 Å². The summed E-state index contributed by atoms with van der Waals surface area (Å²) in [5, 5.41) is 3.28. The van der Waals surface area contributed by atoms with Crippen LogP contribution in [0.3, 0.4) is 0 Å². The molecule has 1 heterocycles. The highest BCUT2D eigenvalue weighted by Gasteiger charge is 2.23. The Hall–Kier alpha value is -1.35. The maximum absolute atomic E-state index is 12.4. The van der Waals surface area contributed by atoms with Crippen LogP contribution in [-0.4, -0.2) is 37.0 Å². The highest BCUT2D eigenvalue weighted by Crippen LogP contribution is 2.28. The van der Waals surface area contributed by atoms with Crippen molar-refractivity contribution in [2.24, 2.45) is 5.92 Å². The highest BCUT2D eigenvalue weighted by molar-refractivity contribution is 5.77. The van der Waals surface area contributed by atoms with Crippen molar-refractivity contribution in [1.82, 2.24) is 10.2 Å². The number of amides is 1. The van der Waals surface area contributed by atoms with Crippen LogP contribution in [0.15, 0.2) is 30.3 Å². The average molecular weight is 260 g/mol. The Kier molecular flexibility index (Phi) is 4.97. The number of hydrogen-bond donors (Lipinski definition) is 1. The molecule has 1 atom stereocenters. The molecule has 19 heavy (non-hydrogen) atoms. The van der Waals surface area contributed by atoms with Crippen molar-refractivity contribution in [2.75, 3.05) is 26.2 Å². The summed E-state index contributed by atoms with van der Waals surface area (Å²) in [6.07, 6.45) is 0.627. The topological polar surface area (TPSA) is 32.3 Å². The molecular weight excluding hydrogens is 236 g/mol. The summed E-state index contributed by atoms with van der Waals surface area (Å²) in [5.74, 6) is 1.10. The lowest BCUT2D eigenvalue weighted by Crippen LogP contribution is -2.46. The lowest BCUT2D eigenvalue weighted by atomic mass is 9.85. The normalized spacial score (nSPS) is 17.5. The molecule has 1 aliphatic rings. The van der Waals surface area contributed by atoms with Crippen LogP contribution in [0.2, 0.25) is 0 Å². The third kappa shape index (κ3) is 3.80. The van der Waals surface area contributed by atoms with Crippen LogP contribution in [0.25, 0.3) is 0 Å². The van der Waals surface area contributed by atoms with Gasteiger partial charge in [-0.25, -0.2) is 0 Å². The van der Waals surface area contributed by atoms with Crippen LogP contribution in [0.5, 0.6) is 0 Å². The van der Waals surface area contributed by atoms with Crippen LogP contribution in [0, 0.1) is 5.92 Å². The van der Waals surface area contributed by atoms with Crippen LogP contribution < -0.4 is 5.32 Å². The molecule has 1 aromatic carbocycles. The smallest absolute Gasteiger partial charge is 0.223 e. The Morgan fingerprint density at radius 3 is 2.42 bits per heavy atom. The van der Waals surface area contributed by atoms with E-state index in [9.17, 15) is 4.79 Å². The van der Waals surface area contributed by atoms with E-state index in [-0.39, 0.29) is 0 Å². The fourth-order valence-electron chi connectivity index (χ4n) is 2.67. The van der Waals surface area contributed by atoms with Crippen LogP contribution in [0.1, 0.15) is 31.7 Å². The van der Waals surface area contributed by atoms with Gasteiger partial charge in [0.05, 0.1) is 0 Å². The molecule has 2 rings (SSSR count). The third-order valence-electron chi connectivity index (χ3n) is 3.90. The summed E-state index contributed by atoms with van der Waals surface area (Å²) < 4.78 is 0. The van der Waals surface area contributed by atoms with Crippen molar-refractivity contribution < 1.29 is 4.79 Å². The summed E-state index contributed by atoms with van der Waals surface area (Å²) in [6, 6.07) is 10.4. The van der Waals surface area contributed by atoms with Gasteiger partial charge in [0.25, 0.3) is 0 Å². The maximum atomic E-state index is 12.4. The first-order valence-electron chi connectivity index (χ1n) is 7.22. The van der Waals surface area contributed by atoms with Crippen molar-refractivity contribution >= 4 is 5.91 Å². The minimum Gasteiger partial charge on any atom is -0.340 e. The zero-order valence-electron chi connectivity index (χ0n) is 11.9. The van der Waals surface area contributed by atoms with Gasteiger partial charge in [-0.05, 0) is 17.4 Å². The SMILES string of the molecule is CC(C)C(CC(=O)N1CCNCC1)c1ccccc1. The van der Waals surface area contributed by atoms with Crippen LogP contribution in [-0.2, 0) is 4.79 Å². The lowest BCUT2D eigenvalue weighted by Gasteiger charge is -2.30. The predicted molar refractivity (Wildman–Crippen MR) is 78.1 cm³/mol. The van der Waals surface area contributed by atoms with E-state index in [2.05, 4.69) is 43.4 Å². The molecule has 1 fully saturated rings. The van der Waals surface area contributed by atoms with E-state index in [1.165, 1.54) is 5.56 Å². The van der Waals surface area contributed by atoms with Gasteiger partial charge in [-0.15, -0.1) is 0 Å². The summed E-state index contributed by atoms with van der Waals surface area (Å²) in [7, 11) is 0. The zero-order chi connectivity index (χ0) is 13.7. The number of rotatable bonds is 4. The fourth-order valence-corrected chi connectivity index (χ4v) is 2.67. The number of carbonyl (C=O) groups is 1. The van der Waals surface area contributed by atoms with Gasteiger partial charge in [0.15, 0.2) is 0 Å². The van der Waals surface area contributed by atoms with Gasteiger partial charge < -0.3 is 10.2 Å². The van der Waals surface area contributed by atoms with Crippen molar-refractivity contribution in [3.63, 3.8) is 0 Å². The van der Waals surface area contributed by atoms with E-state index in [1.807, 2.05) is 11.0 Å². The number of nitrogens with zero attached hydrogens (tertiary/aromatic N) is 1. The van der Waals surface area contributed by atoms with E-state index >= 15 is 0 Å². The molecular formula is C16H24N2O. The molecule has 1 saturated heterocycles. The van der Waals surface area contributed by atoms with E-state index in [1.54, 1.807) is 0 Å². The number of benzene rings is 1. The second-order valence-electron chi connectivity index (χ2n) is 5.60. The molecule has 1 unspecified atom stereocenters. The van der Waals surface area contributed by atoms with Crippen LogP contribution >= 0.6 is 0 Å². The molecule has 0 bridgehead atoms. The van der Waals surface area contributed by atoms with Gasteiger partial charge in [0.2, 0.25) is 5.91 Å². The Balaban J connectivity index is 2.02. The largest absolute Gasteiger partial charge is 0.340 e. The highest BCUT2D eigenvalue weighted by atomic mass is 16.2. The Bertz CT molecular complexity index is 396. The van der Waals surface area contributed by atoms with Gasteiger partial charge in [-0.3, -0.25) is 4.79 Å². The minimum absolute atomic E-state index is 0.295. The molecule has 1 amide bonds. The second kappa shape index (κ2) is 6.71. The van der Waals surface area contributed by atoms with Crippen molar-refractivity contribution in [2.45, 2.75) is 26.2 Å². The summed E-state index contributed by atoms with van der Waals surface area (Å²) >= 11 is 0. The van der Waals surface area contributed by atoms with Crippen LogP contribution in [0.4, 0.5) is 0 Å². The van der Waals surface area contributed by atoms with Gasteiger partial charge in [0, 0.05) is 32.6 Å². The molecule has 0 spiro atoms. The molecule has 1 N–H and O–H groups in total. The Labute approximate surface area is 116 Å².